The molecule has 24 heavy (non-hydrogen) atoms. The summed E-state index contributed by atoms with van der Waals surface area (Å²) in [5.74, 6) is 1.19. The lowest BCUT2D eigenvalue weighted by molar-refractivity contribution is 0.208. The Kier molecular flexibility index (Phi) is 6.92. The van der Waals surface area contributed by atoms with Crippen molar-refractivity contribution < 1.29 is 9.47 Å². The number of nitrogens with zero attached hydrogens (tertiary/aromatic N) is 1. The van der Waals surface area contributed by atoms with Crippen molar-refractivity contribution in [3.05, 3.63) is 50.1 Å². The molecule has 0 unspecified atom stereocenters. The van der Waals surface area contributed by atoms with Crippen LogP contribution in [0.1, 0.15) is 31.4 Å². The fourth-order valence-corrected chi connectivity index (χ4v) is 2.67. The van der Waals surface area contributed by atoms with Crippen LogP contribution < -0.4 is 9.47 Å². The number of hydrogen-bond acceptors (Lipinski definition) is 3. The molecule has 2 aromatic rings. The van der Waals surface area contributed by atoms with Gasteiger partial charge in [-0.1, -0.05) is 18.5 Å². The molecule has 0 aliphatic heterocycles. The van der Waals surface area contributed by atoms with E-state index in [9.17, 15) is 0 Å². The van der Waals surface area contributed by atoms with Gasteiger partial charge in [-0.3, -0.25) is 4.99 Å². The Balaban J connectivity index is 2.29. The van der Waals surface area contributed by atoms with Gasteiger partial charge in [0, 0.05) is 9.78 Å². The van der Waals surface area contributed by atoms with E-state index >= 15 is 0 Å². The van der Waals surface area contributed by atoms with Crippen LogP contribution in [0.5, 0.6) is 11.5 Å². The van der Waals surface area contributed by atoms with Crippen molar-refractivity contribution >= 4 is 46.1 Å². The van der Waals surface area contributed by atoms with Crippen molar-refractivity contribution in [1.82, 2.24) is 0 Å². The molecule has 0 aliphatic rings. The summed E-state index contributed by atoms with van der Waals surface area (Å²) in [6, 6.07) is 9.82. The predicted octanol–water partition coefficient (Wildman–Crippen LogP) is 6.19. The van der Waals surface area contributed by atoms with Crippen LogP contribution in [0.3, 0.4) is 0 Å². The highest BCUT2D eigenvalue weighted by atomic mass is 127. The Morgan fingerprint density at radius 1 is 1.29 bits per heavy atom. The molecule has 5 heteroatoms. The van der Waals surface area contributed by atoms with Crippen LogP contribution in [-0.4, -0.2) is 19.4 Å². The molecule has 0 aliphatic carbocycles. The van der Waals surface area contributed by atoms with Crippen molar-refractivity contribution in [3.8, 4) is 11.5 Å². The number of ether oxygens (including phenoxy) is 2. The molecule has 0 saturated heterocycles. The lowest BCUT2D eigenvalue weighted by Crippen LogP contribution is -2.11. The average molecular weight is 458 g/mol. The molecule has 2 aromatic carbocycles. The summed E-state index contributed by atoms with van der Waals surface area (Å²) in [7, 11) is 1.61. The number of hydrogen-bond donors (Lipinski definition) is 0. The standard InChI is InChI=1S/C19H21ClINO2/c1-5-13(3)24-19-16(20)9-14(10-18(19)23-4)11-22-15-6-7-17(21)12(2)8-15/h6-11,13H,5H2,1-4H3/t13-/m0/s1. The third-order valence-electron chi connectivity index (χ3n) is 3.65. The first-order valence-corrected chi connectivity index (χ1v) is 9.24. The number of aliphatic imine (C=N–C) groups is 1. The van der Waals surface area contributed by atoms with Gasteiger partial charge in [-0.25, -0.2) is 0 Å². The number of rotatable bonds is 6. The second-order valence-electron chi connectivity index (χ2n) is 5.56. The van der Waals surface area contributed by atoms with Crippen LogP contribution >= 0.6 is 34.2 Å². The fraction of sp³-hybridized carbons (Fsp3) is 0.316. The van der Waals surface area contributed by atoms with E-state index in [4.69, 9.17) is 21.1 Å². The van der Waals surface area contributed by atoms with Gasteiger partial charge in [0.1, 0.15) is 0 Å². The Labute approximate surface area is 162 Å². The summed E-state index contributed by atoms with van der Waals surface area (Å²) >= 11 is 8.69. The quantitative estimate of drug-likeness (QED) is 0.382. The van der Waals surface area contributed by atoms with Crippen molar-refractivity contribution in [1.29, 1.82) is 0 Å². The summed E-state index contributed by atoms with van der Waals surface area (Å²) < 4.78 is 12.5. The Morgan fingerprint density at radius 2 is 2.04 bits per heavy atom. The average Bonchev–Trinajstić information content (AvgIpc) is 2.57. The van der Waals surface area contributed by atoms with E-state index in [0.29, 0.717) is 16.5 Å². The highest BCUT2D eigenvalue weighted by Crippen LogP contribution is 2.37. The van der Waals surface area contributed by atoms with Crippen LogP contribution in [0.4, 0.5) is 5.69 Å². The van der Waals surface area contributed by atoms with Gasteiger partial charge in [0.2, 0.25) is 0 Å². The van der Waals surface area contributed by atoms with E-state index in [1.807, 2.05) is 25.1 Å². The molecule has 0 saturated carbocycles. The summed E-state index contributed by atoms with van der Waals surface area (Å²) in [6.45, 7) is 6.14. The molecular weight excluding hydrogens is 437 g/mol. The fourth-order valence-electron chi connectivity index (χ4n) is 2.07. The smallest absolute Gasteiger partial charge is 0.180 e. The first-order valence-electron chi connectivity index (χ1n) is 7.79. The summed E-state index contributed by atoms with van der Waals surface area (Å²) in [6.07, 6.45) is 2.75. The van der Waals surface area contributed by atoms with Crippen molar-refractivity contribution in [2.75, 3.05) is 7.11 Å². The highest BCUT2D eigenvalue weighted by molar-refractivity contribution is 14.1. The third-order valence-corrected chi connectivity index (χ3v) is 5.14. The van der Waals surface area contributed by atoms with E-state index in [1.54, 1.807) is 13.3 Å². The monoisotopic (exact) mass is 457 g/mol. The molecule has 0 amide bonds. The van der Waals surface area contributed by atoms with Gasteiger partial charge in [0.05, 0.1) is 23.9 Å². The molecule has 0 spiro atoms. The first-order chi connectivity index (χ1) is 11.4. The molecule has 2 rings (SSSR count). The van der Waals surface area contributed by atoms with Gasteiger partial charge in [0.25, 0.3) is 0 Å². The largest absolute Gasteiger partial charge is 0.493 e. The van der Waals surface area contributed by atoms with Crippen molar-refractivity contribution in [2.24, 2.45) is 4.99 Å². The molecule has 1 atom stereocenters. The van der Waals surface area contributed by atoms with Crippen molar-refractivity contribution in [2.45, 2.75) is 33.3 Å². The minimum absolute atomic E-state index is 0.0747. The number of aryl methyl sites for hydroxylation is 1. The molecular formula is C19H21ClINO2. The number of benzene rings is 2. The molecule has 0 radical (unpaired) electrons. The minimum atomic E-state index is 0.0747. The van der Waals surface area contributed by atoms with Crippen LogP contribution in [0.2, 0.25) is 5.02 Å². The molecule has 0 heterocycles. The number of methoxy groups -OCH3 is 1. The van der Waals surface area contributed by atoms with E-state index in [-0.39, 0.29) is 6.10 Å². The van der Waals surface area contributed by atoms with Gasteiger partial charge >= 0.3 is 0 Å². The molecule has 0 N–H and O–H groups in total. The van der Waals surface area contributed by atoms with Gasteiger partial charge in [-0.05, 0) is 84.3 Å². The minimum Gasteiger partial charge on any atom is -0.493 e. The van der Waals surface area contributed by atoms with Crippen LogP contribution in [0, 0.1) is 10.5 Å². The first kappa shape index (κ1) is 19.1. The van der Waals surface area contributed by atoms with E-state index in [2.05, 4.69) is 53.6 Å². The highest BCUT2D eigenvalue weighted by Gasteiger charge is 2.14. The van der Waals surface area contributed by atoms with E-state index in [1.165, 1.54) is 9.13 Å². The second kappa shape index (κ2) is 8.72. The molecule has 0 bridgehead atoms. The van der Waals surface area contributed by atoms with E-state index < -0.39 is 0 Å². The third kappa shape index (κ3) is 4.86. The van der Waals surface area contributed by atoms with Crippen LogP contribution in [0.25, 0.3) is 0 Å². The lowest BCUT2D eigenvalue weighted by Gasteiger charge is -2.17. The molecule has 128 valence electrons. The molecule has 3 nitrogen and oxygen atoms in total. The van der Waals surface area contributed by atoms with Crippen LogP contribution in [0.15, 0.2) is 35.3 Å². The SMILES string of the molecule is CC[C@H](C)Oc1c(Cl)cc(C=Nc2ccc(I)c(C)c2)cc1OC. The zero-order valence-electron chi connectivity index (χ0n) is 14.3. The zero-order valence-corrected chi connectivity index (χ0v) is 17.2. The zero-order chi connectivity index (χ0) is 17.7. The van der Waals surface area contributed by atoms with E-state index in [0.717, 1.165) is 17.7 Å². The van der Waals surface area contributed by atoms with Gasteiger partial charge in [0.15, 0.2) is 11.5 Å². The topological polar surface area (TPSA) is 30.8 Å². The summed E-state index contributed by atoms with van der Waals surface area (Å²) in [4.78, 5) is 4.52. The maximum Gasteiger partial charge on any atom is 0.180 e. The number of halogens is 2. The van der Waals surface area contributed by atoms with Gasteiger partial charge < -0.3 is 9.47 Å². The Hall–Kier alpha value is -1.27. The summed E-state index contributed by atoms with van der Waals surface area (Å²) in [5, 5.41) is 0.523. The van der Waals surface area contributed by atoms with Crippen molar-refractivity contribution in [3.63, 3.8) is 0 Å². The lowest BCUT2D eigenvalue weighted by atomic mass is 10.2. The maximum atomic E-state index is 6.37. The van der Waals surface area contributed by atoms with Crippen LogP contribution in [-0.2, 0) is 0 Å². The Bertz CT molecular complexity index is 746. The normalized spacial score (nSPS) is 12.4. The van der Waals surface area contributed by atoms with Gasteiger partial charge in [-0.15, -0.1) is 0 Å². The second-order valence-corrected chi connectivity index (χ2v) is 7.13. The molecule has 0 fully saturated rings. The predicted molar refractivity (Wildman–Crippen MR) is 110 cm³/mol. The summed E-state index contributed by atoms with van der Waals surface area (Å²) in [5.41, 5.74) is 2.98. The maximum absolute atomic E-state index is 6.37. The Morgan fingerprint density at radius 3 is 2.67 bits per heavy atom. The molecule has 0 aromatic heterocycles. The van der Waals surface area contributed by atoms with Gasteiger partial charge in [-0.2, -0.15) is 0 Å².